The average Bonchev–Trinajstić information content (AvgIpc) is 1.64. The molecule has 410 valence electrons. The molecule has 8 aromatic carbocycles. The van der Waals surface area contributed by atoms with Crippen molar-refractivity contribution in [3.63, 3.8) is 0 Å². The molecular weight excluding hydrogens is 1090 g/mol. The summed E-state index contributed by atoms with van der Waals surface area (Å²) in [4.78, 5) is 28.2. The van der Waals surface area contributed by atoms with Gasteiger partial charge in [-0.2, -0.15) is 42.1 Å². The van der Waals surface area contributed by atoms with E-state index in [2.05, 4.69) is 35.7 Å². The molecule has 4 unspecified atom stereocenters. The van der Waals surface area contributed by atoms with Crippen molar-refractivity contribution < 1.29 is 18.9 Å². The molecule has 0 radical (unpaired) electrons. The second-order valence-electron chi connectivity index (χ2n) is 20.5. The number of nitrogens with zero attached hydrogens (tertiary/aromatic N) is 15. The van der Waals surface area contributed by atoms with Crippen LogP contribution in [0.3, 0.4) is 0 Å². The Bertz CT molecular complexity index is 4850. The Morgan fingerprint density at radius 2 is 0.575 bits per heavy atom. The van der Waals surface area contributed by atoms with E-state index in [1.54, 1.807) is 48.5 Å². The number of nitriles is 8. The number of fused-ring (bicyclic) bond motifs is 20. The van der Waals surface area contributed by atoms with Crippen LogP contribution in [0.5, 0.6) is 46.0 Å². The molecule has 0 saturated heterocycles. The zero-order valence-corrected chi connectivity index (χ0v) is 46.0. The highest BCUT2D eigenvalue weighted by Crippen LogP contribution is 2.46. The Morgan fingerprint density at radius 1 is 0.310 bits per heavy atom. The molecule has 20 nitrogen and oxygen atoms in total. The minimum absolute atomic E-state index is 0.164. The maximum Gasteiger partial charge on any atom is 0.151 e. The summed E-state index contributed by atoms with van der Waals surface area (Å²) >= 11 is 0. The fraction of sp³-hybridized carbons (Fsp3) is 0.104. The predicted octanol–water partition coefficient (Wildman–Crippen LogP) is 11.4. The third-order valence-corrected chi connectivity index (χ3v) is 15.4. The van der Waals surface area contributed by atoms with E-state index in [-0.39, 0.29) is 44.5 Å². The van der Waals surface area contributed by atoms with E-state index in [1.165, 1.54) is 42.5 Å². The van der Waals surface area contributed by atoms with Crippen LogP contribution in [0.2, 0.25) is 0 Å². The number of aliphatic imine (C=N–C) groups is 4. The van der Waals surface area contributed by atoms with Gasteiger partial charge in [0.25, 0.3) is 0 Å². The minimum Gasteiger partial charge on any atom is -0.457 e. The summed E-state index contributed by atoms with van der Waals surface area (Å²) in [7, 11) is 5.72. The Balaban J connectivity index is 1.00. The summed E-state index contributed by atoms with van der Waals surface area (Å²) in [5.74, 6) is 5.27. The first-order valence-electron chi connectivity index (χ1n) is 26.7. The zero-order valence-electron chi connectivity index (χ0n) is 46.0. The van der Waals surface area contributed by atoms with Crippen LogP contribution in [-0.4, -0.2) is 59.2 Å². The fourth-order valence-corrected chi connectivity index (χ4v) is 11.2. The maximum atomic E-state index is 9.87. The molecule has 4 atom stereocenters. The molecule has 8 aromatic rings. The normalized spacial score (nSPS) is 19.3. The highest BCUT2D eigenvalue weighted by Gasteiger charge is 2.42. The smallest absolute Gasteiger partial charge is 0.151 e. The highest BCUT2D eigenvalue weighted by molar-refractivity contribution is 6.09. The molecule has 0 saturated carbocycles. The number of ether oxygens (including phenoxy) is 4. The van der Waals surface area contributed by atoms with E-state index in [4.69, 9.17) is 38.9 Å². The molecule has 0 aliphatic carbocycles. The van der Waals surface area contributed by atoms with Gasteiger partial charge in [0.05, 0.1) is 44.5 Å². The van der Waals surface area contributed by atoms with E-state index in [0.717, 1.165) is 33.4 Å². The quantitative estimate of drug-likeness (QED) is 0.148. The number of nitrogens with one attached hydrogen (secondary N) is 1. The predicted molar refractivity (Wildman–Crippen MR) is 313 cm³/mol. The standard InChI is InChI=1S/C67H38N16O4/c1-81-62-53-17-13-50(86-46-10-6-38(30-70)42(22-46)34-74)26-58(53)66(81)80-64-55-19-15-51(87-47-11-7-39(31-71)43(23-47)35-75)27-59(55)67(83(64)3)79-63-54-18-14-49(85-45-9-5-37(29-69)41(21-45)33-73)25-57(54)65(82(63)2)77-60-52-16-12-48(24-56(52)61(76-60)78-62)84-44-8-4-36(28-68)40(20-44)32-72/h4-27,61,65-67H,1-3H3,(H,76,77)/b78-62-,79-63-,80-64-. The van der Waals surface area contributed by atoms with Gasteiger partial charge in [0, 0.05) is 65.7 Å². The van der Waals surface area contributed by atoms with Crippen molar-refractivity contribution in [1.29, 1.82) is 42.1 Å². The number of benzene rings is 8. The molecular formula is C67H38N16O4. The third kappa shape index (κ3) is 9.22. The summed E-state index contributed by atoms with van der Waals surface area (Å²) in [5, 5.41) is 81.7. The Hall–Kier alpha value is -13.2. The monoisotopic (exact) mass is 1130 g/mol. The summed E-state index contributed by atoms with van der Waals surface area (Å²) in [5.41, 5.74) is 7.33. The van der Waals surface area contributed by atoms with Gasteiger partial charge in [-0.05, 0) is 146 Å². The fourth-order valence-electron chi connectivity index (χ4n) is 11.2. The molecule has 1 N–H and O–H groups in total. The Morgan fingerprint density at radius 3 is 0.897 bits per heavy atom. The van der Waals surface area contributed by atoms with Crippen molar-refractivity contribution in [2.24, 2.45) is 20.0 Å². The van der Waals surface area contributed by atoms with Gasteiger partial charge in [-0.15, -0.1) is 0 Å². The number of amidine groups is 4. The Kier molecular flexibility index (Phi) is 13.0. The second-order valence-corrected chi connectivity index (χ2v) is 20.5. The third-order valence-electron chi connectivity index (χ3n) is 15.4. The summed E-state index contributed by atoms with van der Waals surface area (Å²) in [6, 6.07) is 57.6. The van der Waals surface area contributed by atoms with Crippen LogP contribution in [-0.2, 0) is 0 Å². The molecule has 5 aliphatic heterocycles. The van der Waals surface area contributed by atoms with E-state index >= 15 is 0 Å². The summed E-state index contributed by atoms with van der Waals surface area (Å²) in [6.45, 7) is 0. The molecule has 20 heteroatoms. The van der Waals surface area contributed by atoms with Crippen LogP contribution >= 0.6 is 0 Å². The first kappa shape index (κ1) is 53.1. The summed E-state index contributed by atoms with van der Waals surface area (Å²) < 4.78 is 25.7. The molecule has 13 rings (SSSR count). The van der Waals surface area contributed by atoms with Crippen LogP contribution in [0.1, 0.15) is 114 Å². The van der Waals surface area contributed by atoms with Gasteiger partial charge in [0.2, 0.25) is 0 Å². The highest BCUT2D eigenvalue weighted by atomic mass is 16.5. The number of hydrogen-bond acceptors (Lipinski definition) is 20. The molecule has 0 fully saturated rings. The van der Waals surface area contributed by atoms with Gasteiger partial charge in [-0.25, -0.2) is 20.0 Å². The lowest BCUT2D eigenvalue weighted by atomic mass is 10.1. The van der Waals surface area contributed by atoms with E-state index in [9.17, 15) is 42.1 Å². The van der Waals surface area contributed by atoms with Crippen molar-refractivity contribution in [2.75, 3.05) is 21.1 Å². The lowest BCUT2D eigenvalue weighted by molar-refractivity contribution is 0.366. The average molecular weight is 1130 g/mol. The van der Waals surface area contributed by atoms with Crippen molar-refractivity contribution in [3.05, 3.63) is 235 Å². The van der Waals surface area contributed by atoms with Crippen LogP contribution in [0.25, 0.3) is 0 Å². The van der Waals surface area contributed by atoms with Gasteiger partial charge in [0.15, 0.2) is 18.5 Å². The topological polar surface area (TPSA) is 298 Å². The maximum absolute atomic E-state index is 9.87. The van der Waals surface area contributed by atoms with Crippen LogP contribution in [0.15, 0.2) is 166 Å². The van der Waals surface area contributed by atoms with Gasteiger partial charge in [-0.3, -0.25) is 0 Å². The molecule has 8 bridgehead atoms. The SMILES string of the molecule is CN1/C2=N\C3c4cc(Oc5ccc(C#N)c(C#N)c5)ccc4/C(=N/C4c5cc(Oc6ccc(C#N)c(C#N)c6)ccc5/C(=N/C5N/C(=N\C1c1cc(Oc6ccc(C#N)c(C#N)c6)ccc12)c1ccc(Oc2ccc(C#N)c(C#N)c2)cc15)N4C)N3C. The lowest BCUT2D eigenvalue weighted by Crippen LogP contribution is -2.31. The molecule has 0 aromatic heterocycles. The first-order chi connectivity index (χ1) is 42.4. The molecule has 87 heavy (non-hydrogen) atoms. The molecule has 5 heterocycles. The van der Waals surface area contributed by atoms with Crippen LogP contribution in [0, 0.1) is 90.6 Å². The van der Waals surface area contributed by atoms with Gasteiger partial charge >= 0.3 is 0 Å². The van der Waals surface area contributed by atoms with Crippen LogP contribution < -0.4 is 24.3 Å². The van der Waals surface area contributed by atoms with Crippen molar-refractivity contribution in [2.45, 2.75) is 24.7 Å². The second kappa shape index (κ2) is 21.3. The number of hydrogen-bond donors (Lipinski definition) is 1. The van der Waals surface area contributed by atoms with E-state index < -0.39 is 24.7 Å². The van der Waals surface area contributed by atoms with Gasteiger partial charge < -0.3 is 39.0 Å². The molecule has 0 amide bonds. The van der Waals surface area contributed by atoms with Gasteiger partial charge in [-0.1, -0.05) is 0 Å². The van der Waals surface area contributed by atoms with Crippen molar-refractivity contribution in [3.8, 4) is 94.5 Å². The Labute approximate surface area is 497 Å². The largest absolute Gasteiger partial charge is 0.457 e. The lowest BCUT2D eigenvalue weighted by Gasteiger charge is -2.26. The van der Waals surface area contributed by atoms with Crippen LogP contribution in [0.4, 0.5) is 0 Å². The zero-order chi connectivity index (χ0) is 60.2. The minimum atomic E-state index is -0.792. The van der Waals surface area contributed by atoms with E-state index in [1.807, 2.05) is 109 Å². The van der Waals surface area contributed by atoms with Crippen molar-refractivity contribution in [1.82, 2.24) is 20.0 Å². The van der Waals surface area contributed by atoms with Crippen molar-refractivity contribution >= 4 is 23.3 Å². The molecule has 5 aliphatic rings. The first-order valence-corrected chi connectivity index (χ1v) is 26.7. The van der Waals surface area contributed by atoms with E-state index in [0.29, 0.717) is 80.5 Å². The molecule has 0 spiro atoms. The summed E-state index contributed by atoms with van der Waals surface area (Å²) in [6.07, 6.45) is -3.02. The number of rotatable bonds is 8. The van der Waals surface area contributed by atoms with Gasteiger partial charge in [0.1, 0.15) is 124 Å².